The van der Waals surface area contributed by atoms with Gasteiger partial charge in [0.05, 0.1) is 0 Å². The molecule has 0 N–H and O–H groups in total. The summed E-state index contributed by atoms with van der Waals surface area (Å²) >= 11 is 6.14. The summed E-state index contributed by atoms with van der Waals surface area (Å²) in [5.41, 5.74) is 2.78. The van der Waals surface area contributed by atoms with E-state index in [1.54, 1.807) is 0 Å². The van der Waals surface area contributed by atoms with Crippen LogP contribution in [0.3, 0.4) is 0 Å². The second kappa shape index (κ2) is 4.15. The molecule has 0 unspecified atom stereocenters. The van der Waals surface area contributed by atoms with E-state index in [1.165, 1.54) is 11.1 Å². The van der Waals surface area contributed by atoms with Gasteiger partial charge in [-0.25, -0.2) is 0 Å². The Balaban J connectivity index is 2.60. The normalized spacial score (nSPS) is 11.7. The lowest BCUT2D eigenvalue weighted by atomic mass is 9.99. The van der Waals surface area contributed by atoms with Gasteiger partial charge in [-0.15, -0.1) is 11.6 Å². The second-order valence-electron chi connectivity index (χ2n) is 4.15. The Labute approximate surface area is 85.9 Å². The first-order valence-corrected chi connectivity index (χ1v) is 5.10. The van der Waals surface area contributed by atoms with Gasteiger partial charge in [-0.3, -0.25) is 0 Å². The van der Waals surface area contributed by atoms with Crippen molar-refractivity contribution >= 4 is 11.6 Å². The van der Waals surface area contributed by atoms with Crippen LogP contribution < -0.4 is 0 Å². The zero-order chi connectivity index (χ0) is 9.90. The lowest BCUT2D eigenvalue weighted by Crippen LogP contribution is -2.11. The molecule has 0 aromatic heterocycles. The molecule has 0 aliphatic rings. The maximum absolute atomic E-state index is 6.14. The molecule has 72 valence electrons. The standard InChI is InChI=1S/C12H17Cl/c1-10-6-4-5-7-11(10)8-9-12(2,3)13/h4-7H,8-9H2,1-3H3. The van der Waals surface area contributed by atoms with Gasteiger partial charge in [0.1, 0.15) is 0 Å². The van der Waals surface area contributed by atoms with E-state index >= 15 is 0 Å². The highest BCUT2D eigenvalue weighted by atomic mass is 35.5. The van der Waals surface area contributed by atoms with Crippen LogP contribution in [-0.4, -0.2) is 4.87 Å². The Morgan fingerprint density at radius 2 is 1.85 bits per heavy atom. The Bertz CT molecular complexity index is 271. The molecule has 1 heteroatoms. The molecule has 1 rings (SSSR count). The summed E-state index contributed by atoms with van der Waals surface area (Å²) in [4.78, 5) is -0.0811. The second-order valence-corrected chi connectivity index (χ2v) is 5.17. The topological polar surface area (TPSA) is 0 Å². The van der Waals surface area contributed by atoms with E-state index in [4.69, 9.17) is 11.6 Å². The SMILES string of the molecule is Cc1ccccc1CCC(C)(C)Cl. The molecule has 0 atom stereocenters. The summed E-state index contributed by atoms with van der Waals surface area (Å²) in [5, 5.41) is 0. The number of benzene rings is 1. The average Bonchev–Trinajstić information content (AvgIpc) is 2.01. The van der Waals surface area contributed by atoms with Gasteiger partial charge in [0, 0.05) is 4.87 Å². The van der Waals surface area contributed by atoms with Gasteiger partial charge in [0.25, 0.3) is 0 Å². The summed E-state index contributed by atoms with van der Waals surface area (Å²) in [6.45, 7) is 6.27. The molecule has 0 amide bonds. The van der Waals surface area contributed by atoms with E-state index in [9.17, 15) is 0 Å². The Hall–Kier alpha value is -0.490. The van der Waals surface area contributed by atoms with E-state index < -0.39 is 0 Å². The Morgan fingerprint density at radius 1 is 1.23 bits per heavy atom. The van der Waals surface area contributed by atoms with Crippen molar-refractivity contribution in [2.24, 2.45) is 0 Å². The molecule has 0 aliphatic carbocycles. The smallest absolute Gasteiger partial charge is 0.0393 e. The molecule has 0 bridgehead atoms. The van der Waals surface area contributed by atoms with Crippen LogP contribution in [0.2, 0.25) is 0 Å². The first-order valence-electron chi connectivity index (χ1n) is 4.72. The van der Waals surface area contributed by atoms with Crippen LogP contribution in [0.5, 0.6) is 0 Å². The zero-order valence-electron chi connectivity index (χ0n) is 8.60. The molecular formula is C12H17Cl. The summed E-state index contributed by atoms with van der Waals surface area (Å²) in [6, 6.07) is 8.49. The highest BCUT2D eigenvalue weighted by Crippen LogP contribution is 2.21. The number of halogens is 1. The predicted molar refractivity (Wildman–Crippen MR) is 59.4 cm³/mol. The third-order valence-corrected chi connectivity index (χ3v) is 2.44. The van der Waals surface area contributed by atoms with Crippen LogP contribution in [0.25, 0.3) is 0 Å². The van der Waals surface area contributed by atoms with Crippen molar-refractivity contribution in [3.8, 4) is 0 Å². The molecule has 13 heavy (non-hydrogen) atoms. The van der Waals surface area contributed by atoms with Crippen LogP contribution in [0.1, 0.15) is 31.4 Å². The average molecular weight is 197 g/mol. The third-order valence-electron chi connectivity index (χ3n) is 2.25. The highest BCUT2D eigenvalue weighted by Gasteiger charge is 2.12. The first-order chi connectivity index (χ1) is 5.99. The van der Waals surface area contributed by atoms with Gasteiger partial charge in [0.2, 0.25) is 0 Å². The van der Waals surface area contributed by atoms with Crippen molar-refractivity contribution in [3.63, 3.8) is 0 Å². The molecule has 0 nitrogen and oxygen atoms in total. The molecule has 0 heterocycles. The van der Waals surface area contributed by atoms with Gasteiger partial charge >= 0.3 is 0 Å². The molecule has 0 radical (unpaired) electrons. The quantitative estimate of drug-likeness (QED) is 0.643. The maximum atomic E-state index is 6.14. The summed E-state index contributed by atoms with van der Waals surface area (Å²) in [5.74, 6) is 0. The van der Waals surface area contributed by atoms with Crippen LogP contribution in [0, 0.1) is 6.92 Å². The van der Waals surface area contributed by atoms with Gasteiger partial charge in [-0.05, 0) is 44.7 Å². The van der Waals surface area contributed by atoms with Crippen LogP contribution in [-0.2, 0) is 6.42 Å². The van der Waals surface area contributed by atoms with Gasteiger partial charge in [-0.2, -0.15) is 0 Å². The minimum atomic E-state index is -0.0811. The third kappa shape index (κ3) is 3.82. The van der Waals surface area contributed by atoms with Gasteiger partial charge in [-0.1, -0.05) is 24.3 Å². The molecule has 0 aliphatic heterocycles. The highest BCUT2D eigenvalue weighted by molar-refractivity contribution is 6.23. The largest absolute Gasteiger partial charge is 0.120 e. The molecule has 1 aromatic rings. The van der Waals surface area contributed by atoms with Crippen LogP contribution in [0.15, 0.2) is 24.3 Å². The van der Waals surface area contributed by atoms with Crippen molar-refractivity contribution in [1.29, 1.82) is 0 Å². The molecular weight excluding hydrogens is 180 g/mol. The summed E-state index contributed by atoms with van der Waals surface area (Å²) < 4.78 is 0. The van der Waals surface area contributed by atoms with E-state index in [0.29, 0.717) is 0 Å². The van der Waals surface area contributed by atoms with E-state index in [2.05, 4.69) is 45.0 Å². The lowest BCUT2D eigenvalue weighted by Gasteiger charge is -2.15. The van der Waals surface area contributed by atoms with Crippen molar-refractivity contribution in [1.82, 2.24) is 0 Å². The Kier molecular flexibility index (Phi) is 3.38. The number of hydrogen-bond donors (Lipinski definition) is 0. The minimum Gasteiger partial charge on any atom is -0.120 e. The number of aryl methyl sites for hydroxylation is 2. The maximum Gasteiger partial charge on any atom is 0.0393 e. The molecule has 0 saturated heterocycles. The summed E-state index contributed by atoms with van der Waals surface area (Å²) in [6.07, 6.45) is 2.10. The van der Waals surface area contributed by atoms with E-state index in [-0.39, 0.29) is 4.87 Å². The monoisotopic (exact) mass is 196 g/mol. The first kappa shape index (κ1) is 10.6. The number of hydrogen-bond acceptors (Lipinski definition) is 0. The van der Waals surface area contributed by atoms with Crippen molar-refractivity contribution in [3.05, 3.63) is 35.4 Å². The molecule has 0 saturated carbocycles. The fourth-order valence-corrected chi connectivity index (χ4v) is 1.42. The summed E-state index contributed by atoms with van der Waals surface area (Å²) in [7, 11) is 0. The van der Waals surface area contributed by atoms with Crippen molar-refractivity contribution < 1.29 is 0 Å². The van der Waals surface area contributed by atoms with Crippen molar-refractivity contribution in [2.75, 3.05) is 0 Å². The number of alkyl halides is 1. The molecule has 1 aromatic carbocycles. The van der Waals surface area contributed by atoms with E-state index in [0.717, 1.165) is 12.8 Å². The fourth-order valence-electron chi connectivity index (χ4n) is 1.32. The lowest BCUT2D eigenvalue weighted by molar-refractivity contribution is 0.626. The minimum absolute atomic E-state index is 0.0811. The predicted octanol–water partition coefficient (Wildman–Crippen LogP) is 3.95. The van der Waals surface area contributed by atoms with Crippen LogP contribution >= 0.6 is 11.6 Å². The van der Waals surface area contributed by atoms with Crippen LogP contribution in [0.4, 0.5) is 0 Å². The fraction of sp³-hybridized carbons (Fsp3) is 0.500. The van der Waals surface area contributed by atoms with E-state index in [1.807, 2.05) is 0 Å². The molecule has 0 fully saturated rings. The zero-order valence-corrected chi connectivity index (χ0v) is 9.36. The molecule has 0 spiro atoms. The number of rotatable bonds is 3. The van der Waals surface area contributed by atoms with Crippen molar-refractivity contribution in [2.45, 2.75) is 38.5 Å². The Morgan fingerprint density at radius 3 is 2.38 bits per heavy atom. The van der Waals surface area contributed by atoms with Gasteiger partial charge < -0.3 is 0 Å². The van der Waals surface area contributed by atoms with Gasteiger partial charge in [0.15, 0.2) is 0 Å².